The van der Waals surface area contributed by atoms with Crippen molar-refractivity contribution in [3.05, 3.63) is 24.3 Å². The van der Waals surface area contributed by atoms with Gasteiger partial charge in [-0.15, -0.1) is 0 Å². The van der Waals surface area contributed by atoms with E-state index in [-0.39, 0.29) is 18.9 Å². The van der Waals surface area contributed by atoms with E-state index in [0.29, 0.717) is 12.8 Å². The Bertz CT molecular complexity index is 1610. The average molecular weight is 1190 g/mol. The third-order valence-electron chi connectivity index (χ3n) is 16.8. The molecule has 17 atom stereocenters. The predicted molar refractivity (Wildman–Crippen MR) is 319 cm³/mol. The highest BCUT2D eigenvalue weighted by Gasteiger charge is 2.53. The van der Waals surface area contributed by atoms with Gasteiger partial charge in [0.2, 0.25) is 5.91 Å². The van der Waals surface area contributed by atoms with Crippen molar-refractivity contribution >= 4 is 5.91 Å². The summed E-state index contributed by atoms with van der Waals surface area (Å²) in [5, 5.41) is 120. The molecule has 3 saturated heterocycles. The van der Waals surface area contributed by atoms with Gasteiger partial charge in [0.25, 0.3) is 0 Å². The van der Waals surface area contributed by atoms with E-state index in [1.807, 2.05) is 6.08 Å². The lowest BCUT2D eigenvalue weighted by Gasteiger charge is -2.48. The van der Waals surface area contributed by atoms with Gasteiger partial charge in [-0.3, -0.25) is 4.79 Å². The first-order valence-electron chi connectivity index (χ1n) is 33.1. The van der Waals surface area contributed by atoms with Crippen LogP contribution in [0.5, 0.6) is 0 Å². The first kappa shape index (κ1) is 75.5. The number of allylic oxidation sites excluding steroid dienone is 3. The Morgan fingerprint density at radius 1 is 0.422 bits per heavy atom. The second kappa shape index (κ2) is 47.3. The third-order valence-corrected chi connectivity index (χ3v) is 16.8. The monoisotopic (exact) mass is 1190 g/mol. The first-order valence-corrected chi connectivity index (χ1v) is 33.1. The first-order chi connectivity index (χ1) is 40.3. The van der Waals surface area contributed by atoms with Crippen molar-refractivity contribution in [2.45, 2.75) is 349 Å². The lowest BCUT2D eigenvalue weighted by Crippen LogP contribution is -2.66. The van der Waals surface area contributed by atoms with Gasteiger partial charge < -0.3 is 89.9 Å². The topological polar surface area (TPSA) is 307 Å². The summed E-state index contributed by atoms with van der Waals surface area (Å²) in [6.07, 6.45) is 24.5. The van der Waals surface area contributed by atoms with Crippen molar-refractivity contribution in [1.82, 2.24) is 5.32 Å². The number of ether oxygens (including phenoxy) is 6. The number of hydrogen-bond acceptors (Lipinski definition) is 18. The van der Waals surface area contributed by atoms with Gasteiger partial charge >= 0.3 is 0 Å². The van der Waals surface area contributed by atoms with E-state index in [4.69, 9.17) is 28.4 Å². The van der Waals surface area contributed by atoms with Crippen LogP contribution in [-0.2, 0) is 33.2 Å². The molecule has 83 heavy (non-hydrogen) atoms. The zero-order valence-corrected chi connectivity index (χ0v) is 51.2. The van der Waals surface area contributed by atoms with Crippen molar-refractivity contribution in [2.75, 3.05) is 26.4 Å². The molecule has 3 fully saturated rings. The van der Waals surface area contributed by atoms with Crippen LogP contribution in [0.1, 0.15) is 245 Å². The van der Waals surface area contributed by atoms with E-state index >= 15 is 0 Å². The van der Waals surface area contributed by atoms with Crippen LogP contribution in [0.25, 0.3) is 0 Å². The number of carbonyl (C=O) groups is 1. The molecule has 19 heteroatoms. The van der Waals surface area contributed by atoms with Gasteiger partial charge in [0.05, 0.1) is 38.6 Å². The lowest BCUT2D eigenvalue weighted by molar-refractivity contribution is -0.379. The molecule has 3 aliphatic rings. The molecule has 19 nitrogen and oxygen atoms in total. The molecule has 3 heterocycles. The molecule has 0 spiro atoms. The third kappa shape index (κ3) is 30.4. The number of unbranched alkanes of at least 4 members (excludes halogenated alkanes) is 32. The second-order valence-corrected chi connectivity index (χ2v) is 23.9. The molecular weight excluding hydrogens is 1070 g/mol. The molecule has 0 bridgehead atoms. The number of nitrogens with one attached hydrogen (secondary N) is 1. The van der Waals surface area contributed by atoms with E-state index in [1.54, 1.807) is 6.08 Å². The Morgan fingerprint density at radius 3 is 1.20 bits per heavy atom. The Hall–Kier alpha value is -1.73. The van der Waals surface area contributed by atoms with E-state index in [9.17, 15) is 61.0 Å². The van der Waals surface area contributed by atoms with Crippen LogP contribution in [0.3, 0.4) is 0 Å². The Kier molecular flexibility index (Phi) is 43.0. The summed E-state index contributed by atoms with van der Waals surface area (Å²) < 4.78 is 34.3. The zero-order chi connectivity index (χ0) is 60.5. The van der Waals surface area contributed by atoms with Gasteiger partial charge in [-0.25, -0.2) is 0 Å². The minimum absolute atomic E-state index is 0.240. The van der Waals surface area contributed by atoms with Crippen molar-refractivity contribution < 1.29 is 89.4 Å². The number of rotatable bonds is 50. The van der Waals surface area contributed by atoms with Crippen molar-refractivity contribution in [2.24, 2.45) is 0 Å². The Balaban J connectivity index is 1.45. The second-order valence-electron chi connectivity index (χ2n) is 23.9. The highest BCUT2D eigenvalue weighted by Crippen LogP contribution is 2.33. The van der Waals surface area contributed by atoms with Crippen molar-refractivity contribution in [1.29, 1.82) is 0 Å². The molecule has 17 unspecified atom stereocenters. The molecule has 3 aliphatic heterocycles. The molecule has 0 aromatic carbocycles. The van der Waals surface area contributed by atoms with E-state index in [2.05, 4.69) is 31.3 Å². The van der Waals surface area contributed by atoms with Crippen LogP contribution in [0.15, 0.2) is 24.3 Å². The van der Waals surface area contributed by atoms with E-state index in [0.717, 1.165) is 38.5 Å². The lowest BCUT2D eigenvalue weighted by atomic mass is 9.96. The van der Waals surface area contributed by atoms with Crippen molar-refractivity contribution in [3.8, 4) is 0 Å². The number of carbonyl (C=O) groups excluding carboxylic acids is 1. The SMILES string of the molecule is CCCCCCCCCCC/C=C/CC/C=C/C(O)C(COC1OC(CO)C(OC2OC(CO)C(OC3OC(CO)C(O)C(O)C3O)C(O)C2O)C(O)C1O)NC(=O)CCCCCCCCCCCCCCCCCCCCCCCCC. The Morgan fingerprint density at radius 2 is 0.771 bits per heavy atom. The summed E-state index contributed by atoms with van der Waals surface area (Å²) in [5.74, 6) is -0.281. The Labute approximate surface area is 498 Å². The van der Waals surface area contributed by atoms with Crippen LogP contribution < -0.4 is 5.32 Å². The van der Waals surface area contributed by atoms with Crippen LogP contribution in [0.2, 0.25) is 0 Å². The molecule has 3 rings (SSSR count). The summed E-state index contributed by atoms with van der Waals surface area (Å²) in [6.45, 7) is 1.72. The van der Waals surface area contributed by atoms with Gasteiger partial charge in [0.15, 0.2) is 18.9 Å². The molecule has 0 aromatic heterocycles. The largest absolute Gasteiger partial charge is 0.394 e. The zero-order valence-electron chi connectivity index (χ0n) is 51.2. The normalized spacial score (nSPS) is 29.5. The van der Waals surface area contributed by atoms with E-state index < -0.39 is 124 Å². The maximum Gasteiger partial charge on any atom is 0.220 e. The summed E-state index contributed by atoms with van der Waals surface area (Å²) in [7, 11) is 0. The van der Waals surface area contributed by atoms with Crippen LogP contribution in [-0.4, -0.2) is 193 Å². The minimum Gasteiger partial charge on any atom is -0.394 e. The van der Waals surface area contributed by atoms with Gasteiger partial charge in [-0.2, -0.15) is 0 Å². The van der Waals surface area contributed by atoms with Gasteiger partial charge in [0, 0.05) is 6.42 Å². The molecular formula is C64H119NO18. The fraction of sp³-hybridized carbons (Fsp3) is 0.922. The maximum atomic E-state index is 13.4. The van der Waals surface area contributed by atoms with Crippen LogP contribution >= 0.6 is 0 Å². The fourth-order valence-electron chi connectivity index (χ4n) is 11.3. The number of hydrogen-bond donors (Lipinski definition) is 12. The molecule has 1 amide bonds. The van der Waals surface area contributed by atoms with Crippen LogP contribution in [0, 0.1) is 0 Å². The predicted octanol–water partition coefficient (Wildman–Crippen LogP) is 7.49. The summed E-state index contributed by atoms with van der Waals surface area (Å²) in [5.41, 5.74) is 0. The van der Waals surface area contributed by atoms with Crippen LogP contribution in [0.4, 0.5) is 0 Å². The number of aliphatic hydroxyl groups excluding tert-OH is 11. The fourth-order valence-corrected chi connectivity index (χ4v) is 11.3. The molecule has 0 aliphatic carbocycles. The van der Waals surface area contributed by atoms with Gasteiger partial charge in [0.1, 0.15) is 73.2 Å². The minimum atomic E-state index is -1.98. The molecule has 488 valence electrons. The summed E-state index contributed by atoms with van der Waals surface area (Å²) in [4.78, 5) is 13.4. The number of aliphatic hydroxyl groups is 11. The molecule has 0 aromatic rings. The maximum absolute atomic E-state index is 13.4. The van der Waals surface area contributed by atoms with Crippen molar-refractivity contribution in [3.63, 3.8) is 0 Å². The number of amides is 1. The summed E-state index contributed by atoms with van der Waals surface area (Å²) in [6, 6.07) is -0.985. The van der Waals surface area contributed by atoms with Gasteiger partial charge in [-0.05, 0) is 32.1 Å². The van der Waals surface area contributed by atoms with Gasteiger partial charge in [-0.1, -0.05) is 231 Å². The highest BCUT2D eigenvalue weighted by molar-refractivity contribution is 5.76. The highest BCUT2D eigenvalue weighted by atomic mass is 16.8. The molecule has 12 N–H and O–H groups in total. The standard InChI is InChI=1S/C64H119NO18/c1-3-5-7-9-11-13-15-17-19-20-21-22-23-24-25-26-28-30-32-34-36-38-40-42-52(70)65-47(48(69)41-39-37-35-33-31-29-27-18-16-14-12-10-8-6-4-2)46-78-62-58(76)55(73)60(50(44-67)80-62)83-64-59(77)56(74)61(51(45-68)81-64)82-63-57(75)54(72)53(71)49(43-66)79-63/h31,33,39,41,47-51,53-64,66-69,71-77H,3-30,32,34-38,40,42-46H2,1-2H3,(H,65,70)/b33-31+,41-39+. The quantitative estimate of drug-likeness (QED) is 0.0207. The summed E-state index contributed by atoms with van der Waals surface area (Å²) >= 11 is 0. The smallest absolute Gasteiger partial charge is 0.220 e. The molecule has 0 saturated carbocycles. The molecule has 0 radical (unpaired) electrons. The average Bonchev–Trinajstić information content (AvgIpc) is 3.31. The van der Waals surface area contributed by atoms with E-state index in [1.165, 1.54) is 173 Å².